The molecule has 0 amide bonds. The second-order valence-corrected chi connectivity index (χ2v) is 4.88. The molecule has 4 nitrogen and oxygen atoms in total. The van der Waals surface area contributed by atoms with Crippen molar-refractivity contribution in [3.63, 3.8) is 0 Å². The molecule has 0 saturated carbocycles. The summed E-state index contributed by atoms with van der Waals surface area (Å²) in [5.41, 5.74) is 0. The summed E-state index contributed by atoms with van der Waals surface area (Å²) in [5.74, 6) is 0.992. The van der Waals surface area contributed by atoms with Crippen molar-refractivity contribution in [2.45, 2.75) is 25.8 Å². The number of hydrogen-bond acceptors (Lipinski definition) is 4. The van der Waals surface area contributed by atoms with Crippen molar-refractivity contribution in [2.75, 3.05) is 24.5 Å². The summed E-state index contributed by atoms with van der Waals surface area (Å²) in [7, 11) is 0. The fourth-order valence-electron chi connectivity index (χ4n) is 2.08. The molecule has 2 rings (SSSR count). The van der Waals surface area contributed by atoms with Crippen molar-refractivity contribution < 1.29 is 0 Å². The molecule has 0 aromatic carbocycles. The van der Waals surface area contributed by atoms with Gasteiger partial charge >= 0.3 is 0 Å². The van der Waals surface area contributed by atoms with Gasteiger partial charge in [-0.3, -0.25) is 0 Å². The molecule has 1 aromatic rings. The van der Waals surface area contributed by atoms with Gasteiger partial charge in [0.2, 0.25) is 0 Å². The summed E-state index contributed by atoms with van der Waals surface area (Å²) in [4.78, 5) is 10.6. The number of halogens is 1. The van der Waals surface area contributed by atoms with Gasteiger partial charge in [0.05, 0.1) is 4.47 Å². The first kappa shape index (κ1) is 11.8. The highest BCUT2D eigenvalue weighted by Crippen LogP contribution is 2.22. The topological polar surface area (TPSA) is 41.0 Å². The monoisotopic (exact) mass is 284 g/mol. The van der Waals surface area contributed by atoms with E-state index in [1.54, 1.807) is 12.5 Å². The zero-order chi connectivity index (χ0) is 11.4. The Morgan fingerprint density at radius 2 is 2.50 bits per heavy atom. The minimum atomic E-state index is 0.599. The molecule has 88 valence electrons. The Bertz CT molecular complexity index is 339. The Hall–Kier alpha value is -0.680. The minimum Gasteiger partial charge on any atom is -0.354 e. The fourth-order valence-corrected chi connectivity index (χ4v) is 2.55. The van der Waals surface area contributed by atoms with Crippen LogP contribution in [0.15, 0.2) is 17.0 Å². The summed E-state index contributed by atoms with van der Waals surface area (Å²) < 4.78 is 0.967. The van der Waals surface area contributed by atoms with Gasteiger partial charge in [0.15, 0.2) is 0 Å². The van der Waals surface area contributed by atoms with Crippen molar-refractivity contribution in [3.8, 4) is 0 Å². The predicted molar refractivity (Wildman–Crippen MR) is 68.6 cm³/mol. The maximum Gasteiger partial charge on any atom is 0.146 e. The average molecular weight is 285 g/mol. The molecule has 1 atom stereocenters. The van der Waals surface area contributed by atoms with Crippen LogP contribution in [-0.4, -0.2) is 35.6 Å². The number of aromatic nitrogens is 2. The van der Waals surface area contributed by atoms with Crippen molar-refractivity contribution >= 4 is 21.7 Å². The van der Waals surface area contributed by atoms with Crippen LogP contribution in [0.25, 0.3) is 0 Å². The van der Waals surface area contributed by atoms with Gasteiger partial charge in [-0.2, -0.15) is 0 Å². The van der Waals surface area contributed by atoms with Gasteiger partial charge in [0.1, 0.15) is 12.1 Å². The van der Waals surface area contributed by atoms with E-state index in [0.717, 1.165) is 29.9 Å². The third-order valence-electron chi connectivity index (χ3n) is 2.93. The third kappa shape index (κ3) is 2.71. The van der Waals surface area contributed by atoms with E-state index in [1.807, 2.05) is 0 Å². The molecule has 1 aromatic heterocycles. The maximum absolute atomic E-state index is 4.33. The molecule has 0 aliphatic carbocycles. The van der Waals surface area contributed by atoms with Crippen LogP contribution in [0.2, 0.25) is 0 Å². The van der Waals surface area contributed by atoms with Crippen LogP contribution in [0.1, 0.15) is 19.8 Å². The van der Waals surface area contributed by atoms with Crippen LogP contribution < -0.4 is 10.2 Å². The highest BCUT2D eigenvalue weighted by atomic mass is 79.9. The molecular weight excluding hydrogens is 268 g/mol. The molecule has 0 bridgehead atoms. The average Bonchev–Trinajstić information content (AvgIpc) is 2.80. The van der Waals surface area contributed by atoms with Gasteiger partial charge in [-0.15, -0.1) is 0 Å². The minimum absolute atomic E-state index is 0.599. The van der Waals surface area contributed by atoms with E-state index in [9.17, 15) is 0 Å². The van der Waals surface area contributed by atoms with Crippen LogP contribution in [-0.2, 0) is 0 Å². The first-order chi connectivity index (χ1) is 7.81. The summed E-state index contributed by atoms with van der Waals surface area (Å²) >= 11 is 3.50. The molecule has 2 heterocycles. The Kier molecular flexibility index (Phi) is 4.12. The van der Waals surface area contributed by atoms with Gasteiger partial charge < -0.3 is 10.2 Å². The van der Waals surface area contributed by atoms with Crippen LogP contribution >= 0.6 is 15.9 Å². The molecule has 0 spiro atoms. The SMILES string of the molecule is CCN(CC1CCCN1)c1ncncc1Br. The smallest absolute Gasteiger partial charge is 0.146 e. The molecule has 1 unspecified atom stereocenters. The fraction of sp³-hybridized carbons (Fsp3) is 0.636. The number of anilines is 1. The summed E-state index contributed by atoms with van der Waals surface area (Å²) in [5, 5.41) is 3.51. The molecule has 1 aliphatic heterocycles. The summed E-state index contributed by atoms with van der Waals surface area (Å²) in [6.07, 6.45) is 5.95. The molecule has 1 aliphatic rings. The highest BCUT2D eigenvalue weighted by Gasteiger charge is 2.19. The second-order valence-electron chi connectivity index (χ2n) is 4.03. The summed E-state index contributed by atoms with van der Waals surface area (Å²) in [6.45, 7) is 5.29. The zero-order valence-electron chi connectivity index (χ0n) is 9.49. The van der Waals surface area contributed by atoms with Gasteiger partial charge in [0.25, 0.3) is 0 Å². The lowest BCUT2D eigenvalue weighted by Gasteiger charge is -2.26. The maximum atomic E-state index is 4.33. The highest BCUT2D eigenvalue weighted by molar-refractivity contribution is 9.10. The number of nitrogens with zero attached hydrogens (tertiary/aromatic N) is 3. The lowest BCUT2D eigenvalue weighted by molar-refractivity contribution is 0.583. The van der Waals surface area contributed by atoms with E-state index >= 15 is 0 Å². The number of likely N-dealkylation sites (N-methyl/N-ethyl adjacent to an activating group) is 1. The third-order valence-corrected chi connectivity index (χ3v) is 3.49. The lowest BCUT2D eigenvalue weighted by Crippen LogP contribution is -2.38. The van der Waals surface area contributed by atoms with Crippen LogP contribution in [0.4, 0.5) is 5.82 Å². The standard InChI is InChI=1S/C11H17BrN4/c1-2-16(7-9-4-3-5-14-9)11-10(12)6-13-8-15-11/h6,8-9,14H,2-5,7H2,1H3. The molecule has 16 heavy (non-hydrogen) atoms. The molecular formula is C11H17BrN4. The Morgan fingerprint density at radius 3 is 3.12 bits per heavy atom. The Balaban J connectivity index is 2.06. The van der Waals surface area contributed by atoms with E-state index in [1.165, 1.54) is 12.8 Å². The van der Waals surface area contributed by atoms with Crippen LogP contribution in [0, 0.1) is 0 Å². The van der Waals surface area contributed by atoms with Gasteiger partial charge in [0, 0.05) is 25.3 Å². The van der Waals surface area contributed by atoms with Crippen molar-refractivity contribution in [2.24, 2.45) is 0 Å². The first-order valence-corrected chi connectivity index (χ1v) is 6.54. The second kappa shape index (κ2) is 5.59. The van der Waals surface area contributed by atoms with E-state index in [4.69, 9.17) is 0 Å². The molecule has 0 radical (unpaired) electrons. The molecule has 1 fully saturated rings. The van der Waals surface area contributed by atoms with Crippen molar-refractivity contribution in [1.82, 2.24) is 15.3 Å². The normalized spacial score (nSPS) is 20.0. The zero-order valence-corrected chi connectivity index (χ0v) is 11.1. The van der Waals surface area contributed by atoms with Gasteiger partial charge in [-0.25, -0.2) is 9.97 Å². The summed E-state index contributed by atoms with van der Waals surface area (Å²) in [6, 6.07) is 0.599. The van der Waals surface area contributed by atoms with Gasteiger partial charge in [-0.1, -0.05) is 0 Å². The molecule has 1 saturated heterocycles. The van der Waals surface area contributed by atoms with Crippen LogP contribution in [0.3, 0.4) is 0 Å². The van der Waals surface area contributed by atoms with E-state index in [0.29, 0.717) is 6.04 Å². The Labute approximate surface area is 105 Å². The van der Waals surface area contributed by atoms with Gasteiger partial charge in [-0.05, 0) is 42.2 Å². The quantitative estimate of drug-likeness (QED) is 0.916. The first-order valence-electron chi connectivity index (χ1n) is 5.75. The van der Waals surface area contributed by atoms with Crippen molar-refractivity contribution in [1.29, 1.82) is 0 Å². The number of hydrogen-bond donors (Lipinski definition) is 1. The van der Waals surface area contributed by atoms with Crippen molar-refractivity contribution in [3.05, 3.63) is 17.0 Å². The van der Waals surface area contributed by atoms with E-state index < -0.39 is 0 Å². The predicted octanol–water partition coefficient (Wildman–Crippen LogP) is 1.82. The Morgan fingerprint density at radius 1 is 1.62 bits per heavy atom. The lowest BCUT2D eigenvalue weighted by atomic mass is 10.2. The number of nitrogens with one attached hydrogen (secondary N) is 1. The molecule has 5 heteroatoms. The van der Waals surface area contributed by atoms with Crippen LogP contribution in [0.5, 0.6) is 0 Å². The molecule has 1 N–H and O–H groups in total. The largest absolute Gasteiger partial charge is 0.354 e. The van der Waals surface area contributed by atoms with E-state index in [-0.39, 0.29) is 0 Å². The number of rotatable bonds is 4. The van der Waals surface area contributed by atoms with E-state index in [2.05, 4.69) is 43.0 Å².